The van der Waals surface area contributed by atoms with E-state index in [0.717, 1.165) is 0 Å². The van der Waals surface area contributed by atoms with Crippen LogP contribution in [-0.4, -0.2) is 35.3 Å². The molecule has 1 radical (unpaired) electrons. The Bertz CT molecular complexity index is 317. The average Bonchev–Trinajstić information content (AvgIpc) is 2.10. The van der Waals surface area contributed by atoms with Gasteiger partial charge >= 0.3 is 17.1 Å². The maximum Gasteiger partial charge on any atom is 3.00 e. The molecule has 0 spiro atoms. The molecule has 0 aliphatic heterocycles. The Morgan fingerprint density at radius 1 is 0.545 bits per heavy atom. The van der Waals surface area contributed by atoms with Crippen molar-refractivity contribution in [2.75, 3.05) is 0 Å². The van der Waals surface area contributed by atoms with Crippen molar-refractivity contribution < 1.29 is 61.2 Å². The molecular weight excluding hydrogens is 344 g/mol. The number of Topliss-reactive ketones (excluding diaryl/α,β-unsaturated/α-hetero) is 3. The molecule has 0 saturated heterocycles. The van der Waals surface area contributed by atoms with Gasteiger partial charge < -0.3 is 29.7 Å². The second-order valence-corrected chi connectivity index (χ2v) is 3.75. The van der Waals surface area contributed by atoms with Crippen LogP contribution in [0.3, 0.4) is 0 Å². The number of carbonyl (C=O) groups excluding carboxylic acids is 6. The van der Waals surface area contributed by atoms with Crippen molar-refractivity contribution in [1.29, 1.82) is 0 Å². The topological polar surface area (TPSA) is 172 Å². The van der Waals surface area contributed by atoms with Gasteiger partial charge in [-0.05, 0) is 20.8 Å². The van der Waals surface area contributed by atoms with E-state index in [0.29, 0.717) is 0 Å². The molecule has 0 aliphatic carbocycles. The van der Waals surface area contributed by atoms with Crippen LogP contribution in [0.15, 0.2) is 0 Å². The molecule has 0 atom stereocenters. The zero-order chi connectivity index (χ0) is 17.6. The third kappa shape index (κ3) is 52.1. The summed E-state index contributed by atoms with van der Waals surface area (Å²) < 4.78 is 0. The van der Waals surface area contributed by atoms with E-state index in [9.17, 15) is 44.1 Å². The average molecular weight is 359 g/mol. The van der Waals surface area contributed by atoms with Crippen LogP contribution in [0.2, 0.25) is 0 Å². The summed E-state index contributed by atoms with van der Waals surface area (Å²) in [5.41, 5.74) is 0. The summed E-state index contributed by atoms with van der Waals surface area (Å²) in [7, 11) is 0. The predicted molar refractivity (Wildman–Crippen MR) is 60.9 cm³/mol. The van der Waals surface area contributed by atoms with E-state index in [-0.39, 0.29) is 34.4 Å². The molecule has 0 rings (SSSR count). The predicted octanol–water partition coefficient (Wildman–Crippen LogP) is -3.86. The van der Waals surface area contributed by atoms with Crippen molar-refractivity contribution in [3.8, 4) is 0 Å². The van der Waals surface area contributed by atoms with Gasteiger partial charge in [-0.3, -0.25) is 14.4 Å². The maximum absolute atomic E-state index is 9.83. The first kappa shape index (κ1) is 28.2. The van der Waals surface area contributed by atoms with E-state index in [1.807, 2.05) is 0 Å². The molecule has 0 aromatic carbocycles. The summed E-state index contributed by atoms with van der Waals surface area (Å²) in [5.74, 6) is -5.06. The Balaban J connectivity index is -0.000000108. The van der Waals surface area contributed by atoms with Crippen molar-refractivity contribution in [1.82, 2.24) is 0 Å². The van der Waals surface area contributed by atoms with Crippen molar-refractivity contribution in [3.63, 3.8) is 0 Å². The second-order valence-electron chi connectivity index (χ2n) is 3.75. The number of ketones is 3. The molecule has 0 aromatic rings. The zero-order valence-corrected chi connectivity index (χ0v) is 13.3. The summed E-state index contributed by atoms with van der Waals surface area (Å²) in [6.45, 7) is 3.61. The molecule has 0 amide bonds. The molecular formula is C12H15FeO9. The van der Waals surface area contributed by atoms with Gasteiger partial charge in [-0.1, -0.05) is 0 Å². The van der Waals surface area contributed by atoms with Gasteiger partial charge in [0, 0.05) is 37.2 Å². The maximum atomic E-state index is 9.83. The van der Waals surface area contributed by atoms with Crippen molar-refractivity contribution in [2.24, 2.45) is 0 Å². The van der Waals surface area contributed by atoms with Crippen molar-refractivity contribution in [2.45, 2.75) is 40.0 Å². The minimum absolute atomic E-state index is 0. The van der Waals surface area contributed by atoms with E-state index in [1.54, 1.807) is 0 Å². The van der Waals surface area contributed by atoms with Gasteiger partial charge in [0.1, 0.15) is 17.3 Å². The van der Waals surface area contributed by atoms with Crippen LogP contribution in [0.4, 0.5) is 0 Å². The number of carboxylic acid groups (broad SMARTS) is 3. The summed E-state index contributed by atoms with van der Waals surface area (Å²) in [6, 6.07) is 0. The molecule has 22 heavy (non-hydrogen) atoms. The van der Waals surface area contributed by atoms with Gasteiger partial charge in [0.25, 0.3) is 0 Å². The van der Waals surface area contributed by atoms with Gasteiger partial charge in [0.2, 0.25) is 0 Å². The third-order valence-electron chi connectivity index (χ3n) is 1.18. The Labute approximate surface area is 137 Å². The van der Waals surface area contributed by atoms with E-state index in [1.165, 1.54) is 20.8 Å². The van der Waals surface area contributed by atoms with Gasteiger partial charge in [-0.25, -0.2) is 0 Å². The van der Waals surface area contributed by atoms with Crippen LogP contribution in [0.25, 0.3) is 0 Å². The van der Waals surface area contributed by atoms with E-state index >= 15 is 0 Å². The molecule has 0 unspecified atom stereocenters. The summed E-state index contributed by atoms with van der Waals surface area (Å²) in [6.07, 6.45) is -1.42. The van der Waals surface area contributed by atoms with Crippen LogP contribution >= 0.6 is 0 Å². The Kier molecular flexibility index (Phi) is 21.7. The minimum Gasteiger partial charge on any atom is -0.550 e. The van der Waals surface area contributed by atoms with Crippen LogP contribution in [0.1, 0.15) is 40.0 Å². The molecule has 10 heteroatoms. The number of carbonyl (C=O) groups is 6. The van der Waals surface area contributed by atoms with Crippen LogP contribution in [0.5, 0.6) is 0 Å². The van der Waals surface area contributed by atoms with E-state index < -0.39 is 37.2 Å². The first-order valence-corrected chi connectivity index (χ1v) is 5.46. The molecule has 0 fully saturated rings. The molecule has 0 saturated carbocycles. The van der Waals surface area contributed by atoms with Crippen LogP contribution < -0.4 is 15.3 Å². The number of aliphatic carboxylic acids is 3. The largest absolute Gasteiger partial charge is 3.00 e. The van der Waals surface area contributed by atoms with Crippen molar-refractivity contribution >= 4 is 35.3 Å². The quantitative estimate of drug-likeness (QED) is 0.340. The molecule has 125 valence electrons. The number of hydrogen-bond acceptors (Lipinski definition) is 9. The molecule has 0 N–H and O–H groups in total. The van der Waals surface area contributed by atoms with Crippen molar-refractivity contribution in [3.05, 3.63) is 0 Å². The fourth-order valence-electron chi connectivity index (χ4n) is 0.610. The molecule has 0 aromatic heterocycles. The van der Waals surface area contributed by atoms with E-state index in [4.69, 9.17) is 0 Å². The first-order chi connectivity index (χ1) is 9.38. The fourth-order valence-corrected chi connectivity index (χ4v) is 0.610. The van der Waals surface area contributed by atoms with Gasteiger partial charge in [-0.15, -0.1) is 0 Å². The summed E-state index contributed by atoms with van der Waals surface area (Å²) in [4.78, 5) is 57.9. The first-order valence-electron chi connectivity index (χ1n) is 5.46. The van der Waals surface area contributed by atoms with Gasteiger partial charge in [0.05, 0.1) is 0 Å². The van der Waals surface area contributed by atoms with Crippen LogP contribution in [-0.2, 0) is 45.8 Å². The standard InChI is InChI=1S/3C4H6O3.Fe/c3*1-3(5)2-4(6)7;/h3*2H2,1H3,(H,6,7);/q;;;+3/p-3. The number of hydrogen-bond donors (Lipinski definition) is 0. The molecule has 0 heterocycles. The molecule has 0 bridgehead atoms. The van der Waals surface area contributed by atoms with Crippen LogP contribution in [0, 0.1) is 0 Å². The Morgan fingerprint density at radius 2 is 0.682 bits per heavy atom. The Morgan fingerprint density at radius 3 is 0.682 bits per heavy atom. The Hall–Kier alpha value is -2.06. The monoisotopic (exact) mass is 359 g/mol. The molecule has 9 nitrogen and oxygen atoms in total. The minimum atomic E-state index is -1.31. The normalized spacial score (nSPS) is 7.77. The van der Waals surface area contributed by atoms with E-state index in [2.05, 4.69) is 0 Å². The SMILES string of the molecule is CC(=O)CC(=O)[O-].CC(=O)CC(=O)[O-].CC(=O)CC(=O)[O-].[Fe+3]. The third-order valence-corrected chi connectivity index (χ3v) is 1.18. The van der Waals surface area contributed by atoms with Gasteiger partial charge in [-0.2, -0.15) is 0 Å². The fraction of sp³-hybridized carbons (Fsp3) is 0.500. The summed E-state index contributed by atoms with van der Waals surface area (Å²) in [5, 5.41) is 28.4. The molecule has 0 aliphatic rings. The second kappa shape index (κ2) is 17.0. The summed E-state index contributed by atoms with van der Waals surface area (Å²) >= 11 is 0. The smallest absolute Gasteiger partial charge is 0.550 e. The zero-order valence-electron chi connectivity index (χ0n) is 12.1. The number of carboxylic acids is 3. The number of rotatable bonds is 6. The van der Waals surface area contributed by atoms with Gasteiger partial charge in [0.15, 0.2) is 0 Å².